The highest BCUT2D eigenvalue weighted by atomic mass is 16.4. The van der Waals surface area contributed by atoms with E-state index in [-0.39, 0.29) is 11.9 Å². The number of rotatable bonds is 5. The minimum atomic E-state index is -0.852. The van der Waals surface area contributed by atoms with Crippen molar-refractivity contribution in [2.24, 2.45) is 5.92 Å². The molecule has 1 amide bonds. The average Bonchev–Trinajstić information content (AvgIpc) is 3.02. The fourth-order valence-corrected chi connectivity index (χ4v) is 3.28. The molecule has 1 fully saturated rings. The molecular weight excluding hydrogens is 334 g/mol. The Morgan fingerprint density at radius 2 is 1.92 bits per heavy atom. The predicted molar refractivity (Wildman–Crippen MR) is 94.1 cm³/mol. The van der Waals surface area contributed by atoms with Crippen LogP contribution in [0.1, 0.15) is 45.1 Å². The molecule has 138 valence electrons. The molecule has 0 spiro atoms. The molecule has 2 N–H and O–H groups in total. The number of hydrogen-bond donors (Lipinski definition) is 2. The molecule has 0 bridgehead atoms. The normalized spacial score (nSPS) is 21.6. The van der Waals surface area contributed by atoms with Crippen molar-refractivity contribution >= 4 is 11.9 Å². The third-order valence-corrected chi connectivity index (χ3v) is 4.85. The summed E-state index contributed by atoms with van der Waals surface area (Å²) in [5.41, 5.74) is 0.820. The molecule has 3 rings (SSSR count). The number of nitrogens with zero attached hydrogens (tertiary/aromatic N) is 4. The summed E-state index contributed by atoms with van der Waals surface area (Å²) >= 11 is 0. The smallest absolute Gasteiger partial charge is 0.308 e. The quantitative estimate of drug-likeness (QED) is 0.793. The first kappa shape index (κ1) is 18.0. The predicted octanol–water partition coefficient (Wildman–Crippen LogP) is 2.05. The van der Waals surface area contributed by atoms with Crippen molar-refractivity contribution in [2.45, 2.75) is 51.1 Å². The van der Waals surface area contributed by atoms with E-state index >= 15 is 0 Å². The van der Waals surface area contributed by atoms with Crippen LogP contribution in [-0.2, 0) is 9.59 Å². The summed E-state index contributed by atoms with van der Waals surface area (Å²) in [7, 11) is 0. The topological polar surface area (TPSA) is 110 Å². The zero-order valence-electron chi connectivity index (χ0n) is 14.7. The van der Waals surface area contributed by atoms with E-state index in [1.54, 1.807) is 6.92 Å². The molecule has 0 radical (unpaired) electrons. The minimum absolute atomic E-state index is 0.292. The number of nitrogens with one attached hydrogen (secondary N) is 1. The van der Waals surface area contributed by atoms with Crippen molar-refractivity contribution in [3.05, 3.63) is 30.3 Å². The van der Waals surface area contributed by atoms with Crippen molar-refractivity contribution in [3.8, 4) is 11.4 Å². The van der Waals surface area contributed by atoms with Gasteiger partial charge in [-0.1, -0.05) is 49.6 Å². The zero-order chi connectivity index (χ0) is 18.5. The molecule has 3 atom stereocenters. The van der Waals surface area contributed by atoms with Gasteiger partial charge in [0.1, 0.15) is 6.04 Å². The van der Waals surface area contributed by atoms with Gasteiger partial charge in [0.05, 0.1) is 5.92 Å². The van der Waals surface area contributed by atoms with Gasteiger partial charge in [0, 0.05) is 11.6 Å². The standard InChI is InChI=1S/C18H23N5O3/c1-12(23-21-16(20-22-23)13-8-4-2-5-9-13)17(24)19-15-11-7-3-6-10-14(15)18(25)26/h2,4-5,8-9,12,14-15H,3,6-7,10-11H2,1H3,(H,19,24)(H,25,26)/t12?,14-,15+/m1/s1. The molecule has 2 aromatic rings. The molecule has 1 aliphatic carbocycles. The van der Waals surface area contributed by atoms with Crippen LogP contribution in [0.15, 0.2) is 30.3 Å². The third-order valence-electron chi connectivity index (χ3n) is 4.85. The maximum Gasteiger partial charge on any atom is 0.308 e. The summed E-state index contributed by atoms with van der Waals surface area (Å²) in [5.74, 6) is -1.24. The molecule has 1 heterocycles. The SMILES string of the molecule is CC(C(=O)N[C@H]1CCCCC[C@H]1C(=O)O)n1nnc(-c2ccccc2)n1. The number of hydrogen-bond acceptors (Lipinski definition) is 5. The Morgan fingerprint density at radius 3 is 2.65 bits per heavy atom. The molecular formula is C18H23N5O3. The Hall–Kier alpha value is -2.77. The van der Waals surface area contributed by atoms with Gasteiger partial charge in [-0.3, -0.25) is 9.59 Å². The monoisotopic (exact) mass is 357 g/mol. The van der Waals surface area contributed by atoms with Crippen LogP contribution >= 0.6 is 0 Å². The first-order valence-electron chi connectivity index (χ1n) is 8.94. The summed E-state index contributed by atoms with van der Waals surface area (Å²) in [5, 5.41) is 24.6. The fraction of sp³-hybridized carbons (Fsp3) is 0.500. The Morgan fingerprint density at radius 1 is 1.19 bits per heavy atom. The number of amides is 1. The average molecular weight is 357 g/mol. The van der Waals surface area contributed by atoms with Gasteiger partial charge in [-0.05, 0) is 25.0 Å². The second-order valence-electron chi connectivity index (χ2n) is 6.67. The molecule has 1 aliphatic rings. The van der Waals surface area contributed by atoms with E-state index in [0.717, 1.165) is 24.8 Å². The Balaban J connectivity index is 1.69. The summed E-state index contributed by atoms with van der Waals surface area (Å²) in [6.45, 7) is 1.68. The number of carbonyl (C=O) groups is 2. The van der Waals surface area contributed by atoms with Crippen LogP contribution in [0.2, 0.25) is 0 Å². The highest BCUT2D eigenvalue weighted by Gasteiger charge is 2.32. The molecule has 26 heavy (non-hydrogen) atoms. The van der Waals surface area contributed by atoms with E-state index in [2.05, 4.69) is 20.7 Å². The summed E-state index contributed by atoms with van der Waals surface area (Å²) in [6.07, 6.45) is 4.06. The van der Waals surface area contributed by atoms with Crippen LogP contribution in [0.3, 0.4) is 0 Å². The maximum atomic E-state index is 12.6. The van der Waals surface area contributed by atoms with E-state index in [0.29, 0.717) is 18.7 Å². The highest BCUT2D eigenvalue weighted by molar-refractivity contribution is 5.81. The minimum Gasteiger partial charge on any atom is -0.481 e. The number of aromatic nitrogens is 4. The van der Waals surface area contributed by atoms with Crippen LogP contribution in [0.4, 0.5) is 0 Å². The van der Waals surface area contributed by atoms with Gasteiger partial charge < -0.3 is 10.4 Å². The third kappa shape index (κ3) is 4.07. The van der Waals surface area contributed by atoms with Crippen LogP contribution in [0.5, 0.6) is 0 Å². The molecule has 1 saturated carbocycles. The second-order valence-corrected chi connectivity index (χ2v) is 6.67. The largest absolute Gasteiger partial charge is 0.481 e. The van der Waals surface area contributed by atoms with Gasteiger partial charge in [-0.2, -0.15) is 4.80 Å². The lowest BCUT2D eigenvalue weighted by Gasteiger charge is -2.24. The first-order chi connectivity index (χ1) is 12.6. The van der Waals surface area contributed by atoms with Gasteiger partial charge in [0.2, 0.25) is 11.7 Å². The Kier molecular flexibility index (Phi) is 5.60. The van der Waals surface area contributed by atoms with E-state index in [4.69, 9.17) is 0 Å². The van der Waals surface area contributed by atoms with Gasteiger partial charge >= 0.3 is 5.97 Å². The van der Waals surface area contributed by atoms with Crippen molar-refractivity contribution in [1.82, 2.24) is 25.5 Å². The van der Waals surface area contributed by atoms with Crippen molar-refractivity contribution in [2.75, 3.05) is 0 Å². The van der Waals surface area contributed by atoms with Gasteiger partial charge in [0.25, 0.3) is 0 Å². The van der Waals surface area contributed by atoms with Crippen LogP contribution in [0.25, 0.3) is 11.4 Å². The number of carbonyl (C=O) groups excluding carboxylic acids is 1. The Bertz CT molecular complexity index is 761. The number of aliphatic carboxylic acids is 1. The first-order valence-corrected chi connectivity index (χ1v) is 8.94. The summed E-state index contributed by atoms with van der Waals surface area (Å²) in [6, 6.07) is 8.37. The number of carboxylic acid groups (broad SMARTS) is 1. The lowest BCUT2D eigenvalue weighted by Crippen LogP contribution is -2.45. The van der Waals surface area contributed by atoms with Crippen molar-refractivity contribution in [1.29, 1.82) is 0 Å². The van der Waals surface area contributed by atoms with E-state index in [1.807, 2.05) is 30.3 Å². The Labute approximate surface area is 151 Å². The number of tetrazole rings is 1. The van der Waals surface area contributed by atoms with Gasteiger partial charge in [-0.25, -0.2) is 0 Å². The molecule has 8 heteroatoms. The van der Waals surface area contributed by atoms with Crippen molar-refractivity contribution < 1.29 is 14.7 Å². The van der Waals surface area contributed by atoms with E-state index in [9.17, 15) is 14.7 Å². The lowest BCUT2D eigenvalue weighted by atomic mass is 9.94. The highest BCUT2D eigenvalue weighted by Crippen LogP contribution is 2.24. The second kappa shape index (κ2) is 8.07. The zero-order valence-corrected chi connectivity index (χ0v) is 14.7. The van der Waals surface area contributed by atoms with Crippen LogP contribution < -0.4 is 5.32 Å². The van der Waals surface area contributed by atoms with Crippen LogP contribution in [0, 0.1) is 5.92 Å². The number of benzene rings is 1. The fourth-order valence-electron chi connectivity index (χ4n) is 3.28. The van der Waals surface area contributed by atoms with Crippen LogP contribution in [-0.4, -0.2) is 43.2 Å². The molecule has 1 aromatic carbocycles. The molecule has 0 aliphatic heterocycles. The molecule has 0 saturated heterocycles. The van der Waals surface area contributed by atoms with E-state index in [1.165, 1.54) is 4.80 Å². The van der Waals surface area contributed by atoms with Gasteiger partial charge in [-0.15, -0.1) is 10.2 Å². The number of carboxylic acids is 1. The van der Waals surface area contributed by atoms with Gasteiger partial charge in [0.15, 0.2) is 0 Å². The summed E-state index contributed by atoms with van der Waals surface area (Å²) < 4.78 is 0. The molecule has 1 aromatic heterocycles. The van der Waals surface area contributed by atoms with Crippen molar-refractivity contribution in [3.63, 3.8) is 0 Å². The maximum absolute atomic E-state index is 12.6. The molecule has 1 unspecified atom stereocenters. The van der Waals surface area contributed by atoms with E-state index < -0.39 is 17.9 Å². The lowest BCUT2D eigenvalue weighted by molar-refractivity contribution is -0.143. The molecule has 8 nitrogen and oxygen atoms in total. The summed E-state index contributed by atoms with van der Waals surface area (Å²) in [4.78, 5) is 25.4.